The van der Waals surface area contributed by atoms with Crippen LogP contribution < -0.4 is 16.3 Å². The third-order valence-electron chi connectivity index (χ3n) is 9.22. The maximum absolute atomic E-state index is 14.1. The highest BCUT2D eigenvalue weighted by atomic mass is 35.5. The minimum absolute atomic E-state index is 0.0325. The van der Waals surface area contributed by atoms with E-state index in [4.69, 9.17) is 28.6 Å². The molecule has 0 spiro atoms. The number of nitrogens with one attached hydrogen (secondary N) is 3. The van der Waals surface area contributed by atoms with E-state index in [1.165, 1.54) is 0 Å². The third kappa shape index (κ3) is 7.98. The molecule has 10 unspecified atom stereocenters. The molecule has 14 heteroatoms. The standard InChI is InChI=1S/C27H39Cl2F4N5O3/c1-37-6-7-38(26(37)34)13-14-8-22(17-4-3-16(30)11-18(17)27(31,32)33)35-23(9-14)25(41)36-21(12-24(39)40)15-2-5-19(28)20(29)10-15/h6-7,14-23,34-35H,2-5,8-13H2,1H3,(H,36,41)(H,39,40). The third-order valence-corrected chi connectivity index (χ3v) is 10.4. The molecule has 10 atom stereocenters. The van der Waals surface area contributed by atoms with Crippen molar-refractivity contribution in [2.24, 2.45) is 30.7 Å². The van der Waals surface area contributed by atoms with Gasteiger partial charge in [-0.05, 0) is 69.1 Å². The number of aromatic nitrogens is 2. The van der Waals surface area contributed by atoms with Crippen LogP contribution in [0.4, 0.5) is 17.6 Å². The average molecular weight is 629 g/mol. The van der Waals surface area contributed by atoms with Crippen molar-refractivity contribution in [3.05, 3.63) is 18.0 Å². The lowest BCUT2D eigenvalue weighted by Crippen LogP contribution is -2.60. The number of hydrogen-bond donors (Lipinski definition) is 4. The summed E-state index contributed by atoms with van der Waals surface area (Å²) in [5.74, 6) is -4.72. The highest BCUT2D eigenvalue weighted by Gasteiger charge is 2.51. The van der Waals surface area contributed by atoms with Gasteiger partial charge in [-0.1, -0.05) is 0 Å². The number of hydrogen-bond acceptors (Lipinski definition) is 4. The molecular formula is C27H39Cl2F4N5O3. The van der Waals surface area contributed by atoms with E-state index in [9.17, 15) is 32.3 Å². The predicted molar refractivity (Wildman–Crippen MR) is 145 cm³/mol. The molecule has 1 amide bonds. The van der Waals surface area contributed by atoms with Gasteiger partial charge in [0.05, 0.1) is 23.8 Å². The second-order valence-electron chi connectivity index (χ2n) is 12.1. The molecule has 1 aliphatic heterocycles. The summed E-state index contributed by atoms with van der Waals surface area (Å²) >= 11 is 12.6. The number of imidazole rings is 1. The molecule has 2 saturated carbocycles. The van der Waals surface area contributed by atoms with Gasteiger partial charge in [-0.3, -0.25) is 15.0 Å². The van der Waals surface area contributed by atoms with E-state index in [0.717, 1.165) is 0 Å². The summed E-state index contributed by atoms with van der Waals surface area (Å²) in [5, 5.41) is 23.3. The average Bonchev–Trinajstić information content (AvgIpc) is 3.21. The smallest absolute Gasteiger partial charge is 0.392 e. The molecule has 41 heavy (non-hydrogen) atoms. The van der Waals surface area contributed by atoms with Gasteiger partial charge in [0, 0.05) is 43.4 Å². The quantitative estimate of drug-likeness (QED) is 0.254. The number of aliphatic carboxylic acids is 1. The number of piperidine rings is 1. The highest BCUT2D eigenvalue weighted by molar-refractivity contribution is 6.30. The minimum atomic E-state index is -4.57. The van der Waals surface area contributed by atoms with Crippen molar-refractivity contribution in [1.82, 2.24) is 19.8 Å². The van der Waals surface area contributed by atoms with Crippen LogP contribution in [0.1, 0.15) is 57.8 Å². The van der Waals surface area contributed by atoms with Gasteiger partial charge in [-0.25, -0.2) is 4.39 Å². The normalized spacial score (nSPS) is 35.5. The fraction of sp³-hybridized carbons (Fsp3) is 0.815. The molecule has 3 aliphatic rings. The van der Waals surface area contributed by atoms with E-state index in [2.05, 4.69) is 10.6 Å². The molecule has 232 valence electrons. The summed E-state index contributed by atoms with van der Waals surface area (Å²) in [7, 11) is 1.72. The first-order chi connectivity index (χ1) is 19.2. The number of rotatable bonds is 8. The molecule has 2 aliphatic carbocycles. The summed E-state index contributed by atoms with van der Waals surface area (Å²) in [5.41, 5.74) is 0.222. The second-order valence-corrected chi connectivity index (χ2v) is 13.2. The zero-order chi connectivity index (χ0) is 30.1. The van der Waals surface area contributed by atoms with Gasteiger partial charge < -0.3 is 24.9 Å². The maximum Gasteiger partial charge on any atom is 0.392 e. The second kappa shape index (κ2) is 13.2. The summed E-state index contributed by atoms with van der Waals surface area (Å²) in [6, 6.07) is -2.28. The number of aryl methyl sites for hydroxylation is 1. The molecule has 1 aromatic rings. The van der Waals surface area contributed by atoms with E-state index in [1.54, 1.807) is 28.6 Å². The Balaban J connectivity index is 1.56. The molecule has 4 N–H and O–H groups in total. The molecule has 2 heterocycles. The number of halogens is 6. The van der Waals surface area contributed by atoms with Crippen molar-refractivity contribution in [1.29, 1.82) is 5.41 Å². The molecule has 0 radical (unpaired) electrons. The molecule has 0 aromatic carbocycles. The van der Waals surface area contributed by atoms with Crippen LogP contribution in [-0.2, 0) is 23.2 Å². The van der Waals surface area contributed by atoms with Crippen molar-refractivity contribution in [2.75, 3.05) is 0 Å². The Kier molecular flexibility index (Phi) is 10.4. The van der Waals surface area contributed by atoms with E-state index >= 15 is 0 Å². The SMILES string of the molecule is Cn1ccn(CC2CC(C(=O)NC(CC(=O)O)C3CCC(Cl)C(Cl)C3)NC(C3CCC(F)CC3C(F)(F)F)C2)c1=N. The van der Waals surface area contributed by atoms with Crippen LogP contribution in [0.15, 0.2) is 12.4 Å². The first kappa shape index (κ1) is 32.1. The summed E-state index contributed by atoms with van der Waals surface area (Å²) in [6.07, 6.45) is -1.24. The topological polar surface area (TPSA) is 112 Å². The lowest BCUT2D eigenvalue weighted by atomic mass is 9.70. The lowest BCUT2D eigenvalue weighted by Gasteiger charge is -2.45. The van der Waals surface area contributed by atoms with Crippen LogP contribution in [0.2, 0.25) is 0 Å². The van der Waals surface area contributed by atoms with Crippen LogP contribution in [0.25, 0.3) is 0 Å². The fourth-order valence-corrected chi connectivity index (χ4v) is 7.63. The van der Waals surface area contributed by atoms with Crippen LogP contribution >= 0.6 is 23.2 Å². The van der Waals surface area contributed by atoms with Gasteiger partial charge in [-0.2, -0.15) is 13.2 Å². The van der Waals surface area contributed by atoms with Gasteiger partial charge >= 0.3 is 12.1 Å². The number of carbonyl (C=O) groups is 2. The first-order valence-electron chi connectivity index (χ1n) is 14.3. The molecule has 0 bridgehead atoms. The first-order valence-corrected chi connectivity index (χ1v) is 15.1. The molecule has 4 rings (SSSR count). The zero-order valence-electron chi connectivity index (χ0n) is 22.9. The Labute approximate surface area is 246 Å². The predicted octanol–water partition coefficient (Wildman–Crippen LogP) is 4.33. The van der Waals surface area contributed by atoms with Crippen LogP contribution in [0.5, 0.6) is 0 Å². The van der Waals surface area contributed by atoms with Crippen molar-refractivity contribution >= 4 is 35.1 Å². The minimum Gasteiger partial charge on any atom is -0.481 e. The van der Waals surface area contributed by atoms with Gasteiger partial charge in [0.2, 0.25) is 11.5 Å². The number of carboxylic acid groups (broad SMARTS) is 1. The highest BCUT2D eigenvalue weighted by Crippen LogP contribution is 2.46. The zero-order valence-corrected chi connectivity index (χ0v) is 24.4. The van der Waals surface area contributed by atoms with E-state index in [1.807, 2.05) is 0 Å². The largest absolute Gasteiger partial charge is 0.481 e. The molecule has 3 fully saturated rings. The summed E-state index contributed by atoms with van der Waals surface area (Å²) in [4.78, 5) is 25.3. The van der Waals surface area contributed by atoms with Gasteiger partial charge in [0.25, 0.3) is 0 Å². The Morgan fingerprint density at radius 3 is 2.46 bits per heavy atom. The van der Waals surface area contributed by atoms with E-state index in [0.29, 0.717) is 38.6 Å². The van der Waals surface area contributed by atoms with Crippen molar-refractivity contribution < 1.29 is 32.3 Å². The van der Waals surface area contributed by atoms with Crippen LogP contribution in [-0.4, -0.2) is 67.3 Å². The number of carboxylic acids is 1. The molecular weight excluding hydrogens is 589 g/mol. The van der Waals surface area contributed by atoms with Crippen LogP contribution in [0.3, 0.4) is 0 Å². The number of nitrogens with zero attached hydrogens (tertiary/aromatic N) is 2. The van der Waals surface area contributed by atoms with E-state index < -0.39 is 60.6 Å². The lowest BCUT2D eigenvalue weighted by molar-refractivity contribution is -0.206. The molecule has 1 aromatic heterocycles. The number of amides is 1. The van der Waals surface area contributed by atoms with E-state index in [-0.39, 0.29) is 47.5 Å². The van der Waals surface area contributed by atoms with Gasteiger partial charge in [0.15, 0.2) is 0 Å². The van der Waals surface area contributed by atoms with Crippen LogP contribution in [0, 0.1) is 29.1 Å². The van der Waals surface area contributed by atoms with Crippen molar-refractivity contribution in [3.8, 4) is 0 Å². The maximum atomic E-state index is 14.1. The Morgan fingerprint density at radius 1 is 1.12 bits per heavy atom. The Morgan fingerprint density at radius 2 is 1.85 bits per heavy atom. The summed E-state index contributed by atoms with van der Waals surface area (Å²) in [6.45, 7) is 0.336. The fourth-order valence-electron chi connectivity index (χ4n) is 7.05. The Hall–Kier alpha value is -1.79. The monoisotopic (exact) mass is 627 g/mol. The van der Waals surface area contributed by atoms with Crippen molar-refractivity contribution in [2.45, 2.75) is 106 Å². The number of alkyl halides is 6. The number of carbonyl (C=O) groups excluding carboxylic acids is 1. The summed E-state index contributed by atoms with van der Waals surface area (Å²) < 4.78 is 59.6. The van der Waals surface area contributed by atoms with Crippen molar-refractivity contribution in [3.63, 3.8) is 0 Å². The molecule has 1 saturated heterocycles. The molecule has 8 nitrogen and oxygen atoms in total. The van der Waals surface area contributed by atoms with Gasteiger partial charge in [-0.15, -0.1) is 23.2 Å². The van der Waals surface area contributed by atoms with Gasteiger partial charge in [0.1, 0.15) is 6.17 Å². The Bertz CT molecular complexity index is 1130.